The molecule has 0 aromatic heterocycles. The van der Waals surface area contributed by atoms with Gasteiger partial charge in [-0.15, -0.1) is 0 Å². The second kappa shape index (κ2) is 14.0. The molecule has 0 heterocycles. The molecule has 1 aromatic carbocycles. The van der Waals surface area contributed by atoms with Gasteiger partial charge in [-0.05, 0) is 43.9 Å². The quantitative estimate of drug-likeness (QED) is 0.312. The molecule has 1 aromatic rings. The van der Waals surface area contributed by atoms with Gasteiger partial charge in [-0.2, -0.15) is 0 Å². The van der Waals surface area contributed by atoms with Crippen molar-refractivity contribution in [1.29, 1.82) is 0 Å². The maximum atomic E-state index is 12.4. The molecular formula is C23H36O5. The second-order valence-electron chi connectivity index (χ2n) is 7.20. The Morgan fingerprint density at radius 2 is 1.64 bits per heavy atom. The van der Waals surface area contributed by atoms with Gasteiger partial charge in [0.05, 0.1) is 25.0 Å². The summed E-state index contributed by atoms with van der Waals surface area (Å²) in [7, 11) is 0. The average molecular weight is 393 g/mol. The zero-order valence-electron chi connectivity index (χ0n) is 17.6. The number of carbonyl (C=O) groups excluding carboxylic acids is 1. The zero-order chi connectivity index (χ0) is 20.8. The minimum absolute atomic E-state index is 0.250. The summed E-state index contributed by atoms with van der Waals surface area (Å²) in [5.74, 6) is -1.59. The fraction of sp³-hybridized carbons (Fsp3) is 0.652. The van der Waals surface area contributed by atoms with Crippen molar-refractivity contribution in [1.82, 2.24) is 0 Å². The van der Waals surface area contributed by atoms with E-state index in [9.17, 15) is 14.7 Å². The van der Waals surface area contributed by atoms with Crippen LogP contribution in [0.15, 0.2) is 24.3 Å². The first-order valence-corrected chi connectivity index (χ1v) is 10.7. The first-order valence-electron chi connectivity index (χ1n) is 10.7. The van der Waals surface area contributed by atoms with Gasteiger partial charge in [0, 0.05) is 0 Å². The largest absolute Gasteiger partial charge is 0.494 e. The van der Waals surface area contributed by atoms with E-state index in [0.717, 1.165) is 24.2 Å². The lowest BCUT2D eigenvalue weighted by atomic mass is 9.86. The van der Waals surface area contributed by atoms with Crippen LogP contribution in [0.2, 0.25) is 0 Å². The molecule has 0 aliphatic heterocycles. The van der Waals surface area contributed by atoms with Crippen LogP contribution in [0.5, 0.6) is 5.75 Å². The molecule has 28 heavy (non-hydrogen) atoms. The topological polar surface area (TPSA) is 72.8 Å². The number of rotatable bonds is 15. The number of esters is 1. The predicted molar refractivity (Wildman–Crippen MR) is 111 cm³/mol. The van der Waals surface area contributed by atoms with Crippen molar-refractivity contribution in [3.05, 3.63) is 29.8 Å². The van der Waals surface area contributed by atoms with Crippen LogP contribution in [-0.2, 0) is 14.3 Å². The van der Waals surface area contributed by atoms with Crippen molar-refractivity contribution in [3.8, 4) is 5.75 Å². The molecule has 0 aliphatic carbocycles. The maximum Gasteiger partial charge on any atom is 0.313 e. The van der Waals surface area contributed by atoms with E-state index in [1.54, 1.807) is 6.92 Å². The van der Waals surface area contributed by atoms with E-state index in [2.05, 4.69) is 6.92 Å². The third kappa shape index (κ3) is 8.77. The van der Waals surface area contributed by atoms with Gasteiger partial charge in [0.15, 0.2) is 0 Å². The van der Waals surface area contributed by atoms with Gasteiger partial charge in [0.25, 0.3) is 0 Å². The van der Waals surface area contributed by atoms with Gasteiger partial charge in [-0.3, -0.25) is 9.59 Å². The SMILES string of the molecule is CCCCCCCOc1ccc(C(CC(CCC)C(=O)O)C(=O)OCC)cc1. The molecule has 158 valence electrons. The number of ether oxygens (including phenoxy) is 2. The van der Waals surface area contributed by atoms with Crippen LogP contribution < -0.4 is 4.74 Å². The first-order chi connectivity index (χ1) is 13.5. The molecule has 1 N–H and O–H groups in total. The van der Waals surface area contributed by atoms with Crippen LogP contribution >= 0.6 is 0 Å². The number of carbonyl (C=O) groups is 2. The fourth-order valence-corrected chi connectivity index (χ4v) is 3.28. The molecular weight excluding hydrogens is 356 g/mol. The van der Waals surface area contributed by atoms with Crippen LogP contribution in [-0.4, -0.2) is 30.3 Å². The number of aliphatic carboxylic acids is 1. The zero-order valence-corrected chi connectivity index (χ0v) is 17.6. The van der Waals surface area contributed by atoms with Crippen molar-refractivity contribution in [3.63, 3.8) is 0 Å². The molecule has 0 aliphatic rings. The normalized spacial score (nSPS) is 13.0. The highest BCUT2D eigenvalue weighted by Crippen LogP contribution is 2.29. The van der Waals surface area contributed by atoms with E-state index in [4.69, 9.17) is 9.47 Å². The number of carboxylic acids is 1. The van der Waals surface area contributed by atoms with Gasteiger partial charge >= 0.3 is 11.9 Å². The fourth-order valence-electron chi connectivity index (χ4n) is 3.28. The molecule has 2 unspecified atom stereocenters. The summed E-state index contributed by atoms with van der Waals surface area (Å²) in [6.45, 7) is 6.86. The van der Waals surface area contributed by atoms with Gasteiger partial charge < -0.3 is 14.6 Å². The van der Waals surface area contributed by atoms with E-state index >= 15 is 0 Å². The summed E-state index contributed by atoms with van der Waals surface area (Å²) < 4.78 is 11.0. The highest BCUT2D eigenvalue weighted by Gasteiger charge is 2.29. The molecule has 5 nitrogen and oxygen atoms in total. The van der Waals surface area contributed by atoms with Crippen LogP contribution in [0.25, 0.3) is 0 Å². The highest BCUT2D eigenvalue weighted by atomic mass is 16.5. The lowest BCUT2D eigenvalue weighted by molar-refractivity contribution is -0.147. The number of carboxylic acid groups (broad SMARTS) is 1. The minimum Gasteiger partial charge on any atom is -0.494 e. The van der Waals surface area contributed by atoms with Crippen LogP contribution in [0.4, 0.5) is 0 Å². The van der Waals surface area contributed by atoms with Crippen LogP contribution in [0.1, 0.15) is 83.6 Å². The molecule has 0 saturated carbocycles. The molecule has 0 radical (unpaired) electrons. The van der Waals surface area contributed by atoms with Crippen molar-refractivity contribution in [2.24, 2.45) is 5.92 Å². The van der Waals surface area contributed by atoms with Gasteiger partial charge in [0.2, 0.25) is 0 Å². The van der Waals surface area contributed by atoms with E-state index < -0.39 is 17.8 Å². The van der Waals surface area contributed by atoms with Gasteiger partial charge in [-0.25, -0.2) is 0 Å². The lowest BCUT2D eigenvalue weighted by Crippen LogP contribution is -2.23. The van der Waals surface area contributed by atoms with E-state index in [-0.39, 0.29) is 19.0 Å². The molecule has 5 heteroatoms. The summed E-state index contributed by atoms with van der Waals surface area (Å²) >= 11 is 0. The number of hydrogen-bond acceptors (Lipinski definition) is 4. The first kappa shape index (κ1) is 24.0. The molecule has 0 amide bonds. The van der Waals surface area contributed by atoms with Crippen molar-refractivity contribution in [2.75, 3.05) is 13.2 Å². The number of unbranched alkanes of at least 4 members (excludes halogenated alkanes) is 4. The summed E-state index contributed by atoms with van der Waals surface area (Å²) in [4.78, 5) is 24.0. The Bertz CT molecular complexity index is 567. The summed E-state index contributed by atoms with van der Waals surface area (Å²) in [6, 6.07) is 7.39. The third-order valence-electron chi connectivity index (χ3n) is 4.88. The monoisotopic (exact) mass is 392 g/mol. The Morgan fingerprint density at radius 3 is 2.21 bits per heavy atom. The predicted octanol–water partition coefficient (Wildman–Crippen LogP) is 5.57. The standard InChI is InChI=1S/C23H36O5/c1-4-7-8-9-10-16-28-20-14-12-18(13-15-20)21(23(26)27-6-3)17-19(11-5-2)22(24)25/h12-15,19,21H,4-11,16-17H2,1-3H3,(H,24,25). The Kier molecular flexibility index (Phi) is 12.0. The van der Waals surface area contributed by atoms with Crippen molar-refractivity contribution in [2.45, 2.75) is 78.1 Å². The Morgan fingerprint density at radius 1 is 0.964 bits per heavy atom. The summed E-state index contributed by atoms with van der Waals surface area (Å²) in [5, 5.41) is 9.46. The van der Waals surface area contributed by atoms with Crippen LogP contribution in [0, 0.1) is 5.92 Å². The van der Waals surface area contributed by atoms with Gasteiger partial charge in [0.1, 0.15) is 5.75 Å². The molecule has 2 atom stereocenters. The number of benzene rings is 1. The van der Waals surface area contributed by atoms with E-state index in [1.807, 2.05) is 31.2 Å². The van der Waals surface area contributed by atoms with Crippen LogP contribution in [0.3, 0.4) is 0 Å². The smallest absolute Gasteiger partial charge is 0.313 e. The Labute approximate surface area is 169 Å². The molecule has 0 saturated heterocycles. The number of hydrogen-bond donors (Lipinski definition) is 1. The molecule has 0 fully saturated rings. The van der Waals surface area contributed by atoms with E-state index in [1.165, 1.54) is 25.7 Å². The maximum absolute atomic E-state index is 12.4. The molecule has 1 rings (SSSR count). The Balaban J connectivity index is 2.73. The highest BCUT2D eigenvalue weighted by molar-refractivity contribution is 5.79. The molecule has 0 spiro atoms. The van der Waals surface area contributed by atoms with E-state index in [0.29, 0.717) is 13.0 Å². The Hall–Kier alpha value is -2.04. The van der Waals surface area contributed by atoms with Crippen molar-refractivity contribution < 1.29 is 24.2 Å². The second-order valence-corrected chi connectivity index (χ2v) is 7.20. The summed E-state index contributed by atoms with van der Waals surface area (Å²) in [6.07, 6.45) is 7.49. The minimum atomic E-state index is -0.862. The molecule has 0 bridgehead atoms. The average Bonchev–Trinajstić information content (AvgIpc) is 2.68. The summed E-state index contributed by atoms with van der Waals surface area (Å²) in [5.41, 5.74) is 0.774. The lowest BCUT2D eigenvalue weighted by Gasteiger charge is -2.20. The van der Waals surface area contributed by atoms with Gasteiger partial charge in [-0.1, -0.05) is 58.1 Å². The third-order valence-corrected chi connectivity index (χ3v) is 4.88. The van der Waals surface area contributed by atoms with Crippen molar-refractivity contribution >= 4 is 11.9 Å².